The minimum atomic E-state index is 0.641. The molecule has 0 aromatic carbocycles. The van der Waals surface area contributed by atoms with E-state index in [1.807, 2.05) is 18.2 Å². The van der Waals surface area contributed by atoms with E-state index in [-0.39, 0.29) is 0 Å². The molecule has 2 rings (SSSR count). The largest absolute Gasteiger partial charge is 0.330 e. The molecule has 0 saturated carbocycles. The fourth-order valence-electron chi connectivity index (χ4n) is 1.29. The zero-order valence-corrected chi connectivity index (χ0v) is 8.35. The molecule has 0 aliphatic rings. The third kappa shape index (κ3) is 2.38. The number of aromatic amines is 1. The van der Waals surface area contributed by atoms with Crippen molar-refractivity contribution in [2.45, 2.75) is 12.8 Å². The third-order valence-corrected chi connectivity index (χ3v) is 2.04. The highest BCUT2D eigenvalue weighted by molar-refractivity contribution is 5.47. The van der Waals surface area contributed by atoms with Gasteiger partial charge in [0.25, 0.3) is 0 Å². The van der Waals surface area contributed by atoms with Crippen LogP contribution in [0.25, 0.3) is 11.5 Å². The number of pyridine rings is 1. The molecule has 0 unspecified atom stereocenters. The molecule has 0 aliphatic heterocycles. The van der Waals surface area contributed by atoms with E-state index in [9.17, 15) is 0 Å². The minimum absolute atomic E-state index is 0.641. The van der Waals surface area contributed by atoms with E-state index in [4.69, 9.17) is 5.73 Å². The average molecular weight is 203 g/mol. The van der Waals surface area contributed by atoms with Gasteiger partial charge in [-0.15, -0.1) is 0 Å². The SMILES string of the molecule is NCCCc1nc(-c2ccccn2)n[nH]1. The second-order valence-electron chi connectivity index (χ2n) is 3.21. The number of aromatic nitrogens is 4. The molecular formula is C10H13N5. The summed E-state index contributed by atoms with van der Waals surface area (Å²) in [7, 11) is 0. The molecule has 2 aromatic heterocycles. The van der Waals surface area contributed by atoms with Crippen molar-refractivity contribution in [3.63, 3.8) is 0 Å². The molecule has 5 nitrogen and oxygen atoms in total. The van der Waals surface area contributed by atoms with Crippen LogP contribution < -0.4 is 5.73 Å². The number of nitrogens with two attached hydrogens (primary N) is 1. The number of hydrogen-bond acceptors (Lipinski definition) is 4. The number of H-pyrrole nitrogens is 1. The summed E-state index contributed by atoms with van der Waals surface area (Å²) in [5.41, 5.74) is 6.20. The lowest BCUT2D eigenvalue weighted by molar-refractivity contribution is 0.785. The quantitative estimate of drug-likeness (QED) is 0.768. The lowest BCUT2D eigenvalue weighted by atomic mass is 10.3. The van der Waals surface area contributed by atoms with E-state index < -0.39 is 0 Å². The summed E-state index contributed by atoms with van der Waals surface area (Å²) in [6.07, 6.45) is 3.47. The smallest absolute Gasteiger partial charge is 0.199 e. The number of aryl methyl sites for hydroxylation is 1. The van der Waals surface area contributed by atoms with Crippen molar-refractivity contribution in [3.8, 4) is 11.5 Å². The lowest BCUT2D eigenvalue weighted by Crippen LogP contribution is -2.01. The first-order valence-electron chi connectivity index (χ1n) is 4.93. The van der Waals surface area contributed by atoms with E-state index in [0.29, 0.717) is 12.4 Å². The summed E-state index contributed by atoms with van der Waals surface area (Å²) in [6.45, 7) is 0.666. The molecule has 0 bridgehead atoms. The predicted molar refractivity (Wildman–Crippen MR) is 57.0 cm³/mol. The van der Waals surface area contributed by atoms with Crippen LogP contribution in [0.15, 0.2) is 24.4 Å². The zero-order chi connectivity index (χ0) is 10.5. The van der Waals surface area contributed by atoms with Crippen LogP contribution >= 0.6 is 0 Å². The van der Waals surface area contributed by atoms with Gasteiger partial charge < -0.3 is 5.73 Å². The second kappa shape index (κ2) is 4.65. The van der Waals surface area contributed by atoms with Crippen molar-refractivity contribution in [1.29, 1.82) is 0 Å². The molecule has 0 spiro atoms. The molecule has 0 amide bonds. The Balaban J connectivity index is 2.14. The normalized spacial score (nSPS) is 10.5. The Morgan fingerprint density at radius 1 is 1.33 bits per heavy atom. The van der Waals surface area contributed by atoms with Crippen LogP contribution in [0, 0.1) is 0 Å². The highest BCUT2D eigenvalue weighted by atomic mass is 15.2. The Kier molecular flexibility index (Phi) is 3.04. The molecule has 5 heteroatoms. The summed E-state index contributed by atoms with van der Waals surface area (Å²) in [6, 6.07) is 5.67. The molecule has 78 valence electrons. The van der Waals surface area contributed by atoms with Gasteiger partial charge >= 0.3 is 0 Å². The monoisotopic (exact) mass is 203 g/mol. The Hall–Kier alpha value is -1.75. The van der Waals surface area contributed by atoms with Crippen molar-refractivity contribution in [2.75, 3.05) is 6.54 Å². The van der Waals surface area contributed by atoms with Crippen LogP contribution in [0.1, 0.15) is 12.2 Å². The second-order valence-corrected chi connectivity index (χ2v) is 3.21. The lowest BCUT2D eigenvalue weighted by Gasteiger charge is -1.92. The van der Waals surface area contributed by atoms with Gasteiger partial charge in [0.15, 0.2) is 5.82 Å². The summed E-state index contributed by atoms with van der Waals surface area (Å²) in [5, 5.41) is 6.98. The standard InChI is InChI=1S/C10H13N5/c11-6-3-5-9-13-10(15-14-9)8-4-1-2-7-12-8/h1-2,4,7H,3,5-6,11H2,(H,13,14,15). The maximum Gasteiger partial charge on any atom is 0.199 e. The summed E-state index contributed by atoms with van der Waals surface area (Å²) < 4.78 is 0. The first kappa shape index (κ1) is 9.79. The van der Waals surface area contributed by atoms with Gasteiger partial charge in [-0.1, -0.05) is 6.07 Å². The van der Waals surface area contributed by atoms with Crippen molar-refractivity contribution in [2.24, 2.45) is 5.73 Å². The minimum Gasteiger partial charge on any atom is -0.330 e. The summed E-state index contributed by atoms with van der Waals surface area (Å²) in [5.74, 6) is 1.50. The van der Waals surface area contributed by atoms with E-state index >= 15 is 0 Å². The molecule has 15 heavy (non-hydrogen) atoms. The number of nitrogens with zero attached hydrogens (tertiary/aromatic N) is 3. The number of nitrogens with one attached hydrogen (secondary N) is 1. The predicted octanol–water partition coefficient (Wildman–Crippen LogP) is 0.758. The first-order valence-corrected chi connectivity index (χ1v) is 4.93. The molecule has 2 aromatic rings. The molecular weight excluding hydrogens is 190 g/mol. The van der Waals surface area contributed by atoms with Gasteiger partial charge in [-0.25, -0.2) is 4.98 Å². The number of rotatable bonds is 4. The van der Waals surface area contributed by atoms with Gasteiger partial charge in [-0.3, -0.25) is 10.1 Å². The fourth-order valence-corrected chi connectivity index (χ4v) is 1.29. The van der Waals surface area contributed by atoms with Crippen LogP contribution in [0.2, 0.25) is 0 Å². The molecule has 0 atom stereocenters. The van der Waals surface area contributed by atoms with E-state index in [1.54, 1.807) is 6.20 Å². The van der Waals surface area contributed by atoms with E-state index in [1.165, 1.54) is 0 Å². The molecule has 0 fully saturated rings. The number of hydrogen-bond donors (Lipinski definition) is 2. The van der Waals surface area contributed by atoms with Gasteiger partial charge in [0.2, 0.25) is 0 Å². The van der Waals surface area contributed by atoms with E-state index in [2.05, 4.69) is 20.2 Å². The third-order valence-electron chi connectivity index (χ3n) is 2.04. The van der Waals surface area contributed by atoms with Crippen molar-refractivity contribution >= 4 is 0 Å². The van der Waals surface area contributed by atoms with Crippen LogP contribution in [0.3, 0.4) is 0 Å². The topological polar surface area (TPSA) is 80.5 Å². The maximum absolute atomic E-state index is 5.42. The Morgan fingerprint density at radius 3 is 3.00 bits per heavy atom. The Bertz CT molecular complexity index is 409. The zero-order valence-electron chi connectivity index (χ0n) is 8.35. The fraction of sp³-hybridized carbons (Fsp3) is 0.300. The molecule has 0 aliphatic carbocycles. The van der Waals surface area contributed by atoms with Crippen molar-refractivity contribution in [1.82, 2.24) is 20.2 Å². The van der Waals surface area contributed by atoms with Crippen molar-refractivity contribution < 1.29 is 0 Å². The molecule has 2 heterocycles. The van der Waals surface area contributed by atoms with Gasteiger partial charge in [0.1, 0.15) is 11.5 Å². The van der Waals surface area contributed by atoms with Crippen LogP contribution in [-0.4, -0.2) is 26.7 Å². The van der Waals surface area contributed by atoms with Crippen LogP contribution in [0.4, 0.5) is 0 Å². The van der Waals surface area contributed by atoms with Gasteiger partial charge in [-0.05, 0) is 25.1 Å². The summed E-state index contributed by atoms with van der Waals surface area (Å²) >= 11 is 0. The molecule has 0 saturated heterocycles. The molecule has 0 radical (unpaired) electrons. The Labute approximate surface area is 87.8 Å². The highest BCUT2D eigenvalue weighted by Gasteiger charge is 2.05. The van der Waals surface area contributed by atoms with E-state index in [0.717, 1.165) is 24.4 Å². The van der Waals surface area contributed by atoms with Gasteiger partial charge in [0.05, 0.1) is 0 Å². The first-order chi connectivity index (χ1) is 7.40. The van der Waals surface area contributed by atoms with Crippen LogP contribution in [-0.2, 0) is 6.42 Å². The van der Waals surface area contributed by atoms with Gasteiger partial charge in [0, 0.05) is 12.6 Å². The summed E-state index contributed by atoms with van der Waals surface area (Å²) in [4.78, 5) is 8.51. The Morgan fingerprint density at radius 2 is 2.27 bits per heavy atom. The highest BCUT2D eigenvalue weighted by Crippen LogP contribution is 2.10. The molecule has 3 N–H and O–H groups in total. The van der Waals surface area contributed by atoms with Gasteiger partial charge in [-0.2, -0.15) is 5.10 Å². The maximum atomic E-state index is 5.42. The van der Waals surface area contributed by atoms with Crippen molar-refractivity contribution in [3.05, 3.63) is 30.2 Å². The average Bonchev–Trinajstić information content (AvgIpc) is 2.76. The van der Waals surface area contributed by atoms with Crippen LogP contribution in [0.5, 0.6) is 0 Å².